The lowest BCUT2D eigenvalue weighted by Gasteiger charge is -2.06. The maximum absolute atomic E-state index is 13.6. The lowest BCUT2D eigenvalue weighted by molar-refractivity contribution is -0.113. The van der Waals surface area contributed by atoms with E-state index in [9.17, 15) is 13.6 Å². The highest BCUT2D eigenvalue weighted by atomic mass is 32.2. The molecule has 1 N–H and O–H groups in total. The first kappa shape index (κ1) is 18.1. The second-order valence-corrected chi connectivity index (χ2v) is 6.74. The molecular weight excluding hydrogens is 384 g/mol. The van der Waals surface area contributed by atoms with Crippen LogP contribution < -0.4 is 5.32 Å². The van der Waals surface area contributed by atoms with Crippen molar-refractivity contribution < 1.29 is 13.6 Å². The Kier molecular flexibility index (Phi) is 4.98. The molecule has 0 spiro atoms. The number of nitrogens with one attached hydrogen (secondary N) is 1. The van der Waals surface area contributed by atoms with E-state index in [0.29, 0.717) is 16.9 Å². The summed E-state index contributed by atoms with van der Waals surface area (Å²) < 4.78 is 28.1. The van der Waals surface area contributed by atoms with Crippen molar-refractivity contribution in [1.82, 2.24) is 19.8 Å². The molecule has 4 aromatic rings. The second kappa shape index (κ2) is 7.73. The lowest BCUT2D eigenvalue weighted by Crippen LogP contribution is -2.15. The van der Waals surface area contributed by atoms with Crippen molar-refractivity contribution in [2.45, 2.75) is 5.16 Å². The van der Waals surface area contributed by atoms with Crippen molar-refractivity contribution in [3.8, 4) is 11.3 Å². The maximum Gasteiger partial charge on any atom is 0.234 e. The Morgan fingerprint density at radius 1 is 1.04 bits per heavy atom. The number of fused-ring (bicyclic) bond motifs is 1. The Bertz CT molecular complexity index is 1150. The monoisotopic (exact) mass is 397 g/mol. The van der Waals surface area contributed by atoms with Crippen molar-refractivity contribution in [2.75, 3.05) is 11.1 Å². The van der Waals surface area contributed by atoms with Crippen LogP contribution in [0.25, 0.3) is 16.9 Å². The fraction of sp³-hybridized carbons (Fsp3) is 0.0526. The zero-order chi connectivity index (χ0) is 19.5. The zero-order valence-corrected chi connectivity index (χ0v) is 15.2. The van der Waals surface area contributed by atoms with Crippen molar-refractivity contribution in [1.29, 1.82) is 0 Å². The van der Waals surface area contributed by atoms with Crippen LogP contribution in [0.1, 0.15) is 0 Å². The average molecular weight is 397 g/mol. The molecule has 0 unspecified atom stereocenters. The molecule has 1 amide bonds. The molecule has 0 fully saturated rings. The van der Waals surface area contributed by atoms with Gasteiger partial charge in [-0.3, -0.25) is 4.79 Å². The third kappa shape index (κ3) is 3.84. The van der Waals surface area contributed by atoms with Crippen LogP contribution in [0, 0.1) is 11.6 Å². The third-order valence-corrected chi connectivity index (χ3v) is 4.76. The highest BCUT2D eigenvalue weighted by Crippen LogP contribution is 2.21. The minimum atomic E-state index is -0.833. The van der Waals surface area contributed by atoms with Crippen molar-refractivity contribution in [3.63, 3.8) is 0 Å². The molecule has 0 atom stereocenters. The molecular formula is C19H13F2N5OS. The van der Waals surface area contributed by atoms with Gasteiger partial charge in [-0.05, 0) is 24.3 Å². The molecule has 0 radical (unpaired) electrons. The van der Waals surface area contributed by atoms with Gasteiger partial charge in [-0.15, -0.1) is 10.2 Å². The molecule has 28 heavy (non-hydrogen) atoms. The number of nitrogens with zero attached hydrogens (tertiary/aromatic N) is 4. The molecule has 2 aromatic heterocycles. The molecule has 0 bridgehead atoms. The predicted octanol–water partition coefficient (Wildman–Crippen LogP) is 3.80. The Labute approximate surface area is 162 Å². The highest BCUT2D eigenvalue weighted by Gasteiger charge is 2.13. The predicted molar refractivity (Wildman–Crippen MR) is 102 cm³/mol. The number of amides is 1. The van der Waals surface area contributed by atoms with Crippen LogP contribution >= 0.6 is 11.8 Å². The molecule has 0 saturated heterocycles. The number of hydrogen-bond donors (Lipinski definition) is 1. The molecule has 0 aliphatic rings. The summed E-state index contributed by atoms with van der Waals surface area (Å²) in [6.45, 7) is 0. The molecule has 2 heterocycles. The Balaban J connectivity index is 1.49. The van der Waals surface area contributed by atoms with Gasteiger partial charge in [-0.2, -0.15) is 9.61 Å². The van der Waals surface area contributed by atoms with Gasteiger partial charge in [0, 0.05) is 11.6 Å². The van der Waals surface area contributed by atoms with Gasteiger partial charge < -0.3 is 5.32 Å². The number of benzene rings is 2. The molecule has 140 valence electrons. The van der Waals surface area contributed by atoms with Gasteiger partial charge in [-0.1, -0.05) is 42.1 Å². The molecule has 0 saturated carbocycles. The van der Waals surface area contributed by atoms with Crippen LogP contribution in [0.3, 0.4) is 0 Å². The van der Waals surface area contributed by atoms with Gasteiger partial charge >= 0.3 is 0 Å². The largest absolute Gasteiger partial charge is 0.323 e. The number of halogens is 2. The number of rotatable bonds is 5. The van der Waals surface area contributed by atoms with Crippen LogP contribution in [0.15, 0.2) is 65.8 Å². The van der Waals surface area contributed by atoms with Crippen molar-refractivity contribution >= 4 is 29.0 Å². The van der Waals surface area contributed by atoms with Crippen LogP contribution in [0.4, 0.5) is 14.5 Å². The van der Waals surface area contributed by atoms with Crippen molar-refractivity contribution in [2.24, 2.45) is 0 Å². The van der Waals surface area contributed by atoms with Crippen LogP contribution in [0.5, 0.6) is 0 Å². The fourth-order valence-electron chi connectivity index (χ4n) is 2.53. The standard InChI is InChI=1S/C19H13F2N5OS/c20-13-6-7-16(14(21)10-13)22-18(27)11-28-19-24-23-17-9-8-15(25-26(17)19)12-4-2-1-3-5-12/h1-10H,11H2,(H,22,27). The van der Waals surface area contributed by atoms with E-state index in [-0.39, 0.29) is 11.4 Å². The van der Waals surface area contributed by atoms with Crippen LogP contribution in [-0.2, 0) is 4.79 Å². The van der Waals surface area contributed by atoms with Gasteiger partial charge in [0.25, 0.3) is 0 Å². The number of anilines is 1. The first-order valence-electron chi connectivity index (χ1n) is 8.26. The minimum Gasteiger partial charge on any atom is -0.323 e. The first-order chi connectivity index (χ1) is 13.6. The van der Waals surface area contributed by atoms with Crippen LogP contribution in [0.2, 0.25) is 0 Å². The summed E-state index contributed by atoms with van der Waals surface area (Å²) in [6.07, 6.45) is 0. The van der Waals surface area contributed by atoms with E-state index in [1.807, 2.05) is 36.4 Å². The summed E-state index contributed by atoms with van der Waals surface area (Å²) in [7, 11) is 0. The summed E-state index contributed by atoms with van der Waals surface area (Å²) in [6, 6.07) is 16.2. The smallest absolute Gasteiger partial charge is 0.234 e. The molecule has 2 aromatic carbocycles. The molecule has 0 aliphatic heterocycles. The highest BCUT2D eigenvalue weighted by molar-refractivity contribution is 7.99. The second-order valence-electron chi connectivity index (χ2n) is 5.80. The molecule has 6 nitrogen and oxygen atoms in total. The summed E-state index contributed by atoms with van der Waals surface area (Å²) in [5.41, 5.74) is 2.15. The van der Waals surface area contributed by atoms with Gasteiger partial charge in [0.05, 0.1) is 17.1 Å². The van der Waals surface area contributed by atoms with E-state index in [2.05, 4.69) is 20.6 Å². The zero-order valence-electron chi connectivity index (χ0n) is 14.3. The summed E-state index contributed by atoms with van der Waals surface area (Å²) in [4.78, 5) is 12.1. The SMILES string of the molecule is O=C(CSc1nnc2ccc(-c3ccccc3)nn12)Nc1ccc(F)cc1F. The number of aromatic nitrogens is 4. The van der Waals surface area contributed by atoms with Gasteiger partial charge in [0.15, 0.2) is 5.65 Å². The van der Waals surface area contributed by atoms with Gasteiger partial charge in [0.1, 0.15) is 11.6 Å². The fourth-order valence-corrected chi connectivity index (χ4v) is 3.22. The normalized spacial score (nSPS) is 10.9. The number of hydrogen-bond acceptors (Lipinski definition) is 5. The van der Waals surface area contributed by atoms with Crippen molar-refractivity contribution in [3.05, 3.63) is 72.3 Å². The Morgan fingerprint density at radius 2 is 1.86 bits per heavy atom. The van der Waals surface area contributed by atoms with Gasteiger partial charge in [-0.25, -0.2) is 8.78 Å². The van der Waals surface area contributed by atoms with E-state index in [1.54, 1.807) is 10.6 Å². The van der Waals surface area contributed by atoms with Crippen LogP contribution in [-0.4, -0.2) is 31.5 Å². The average Bonchev–Trinajstić information content (AvgIpc) is 3.11. The lowest BCUT2D eigenvalue weighted by atomic mass is 10.1. The molecule has 9 heteroatoms. The number of carbonyl (C=O) groups excluding carboxylic acids is 1. The van der Waals surface area contributed by atoms with Gasteiger partial charge in [0.2, 0.25) is 11.1 Å². The summed E-state index contributed by atoms with van der Waals surface area (Å²) >= 11 is 1.12. The minimum absolute atomic E-state index is 0.0329. The molecule has 4 rings (SSSR count). The summed E-state index contributed by atoms with van der Waals surface area (Å²) in [5.74, 6) is -2.03. The van der Waals surface area contributed by atoms with E-state index < -0.39 is 17.5 Å². The third-order valence-electron chi connectivity index (χ3n) is 3.84. The first-order valence-corrected chi connectivity index (χ1v) is 9.24. The summed E-state index contributed by atoms with van der Waals surface area (Å²) in [5, 5.41) is 15.5. The Morgan fingerprint density at radius 3 is 2.64 bits per heavy atom. The van der Waals surface area contributed by atoms with E-state index >= 15 is 0 Å². The van der Waals surface area contributed by atoms with E-state index in [1.165, 1.54) is 6.07 Å². The number of carbonyl (C=O) groups is 1. The van der Waals surface area contributed by atoms with E-state index in [0.717, 1.165) is 29.1 Å². The molecule has 0 aliphatic carbocycles. The maximum atomic E-state index is 13.6. The topological polar surface area (TPSA) is 72.2 Å². The van der Waals surface area contributed by atoms with E-state index in [4.69, 9.17) is 0 Å². The quantitative estimate of drug-likeness (QED) is 0.519. The Hall–Kier alpha value is -3.33. The number of thioether (sulfide) groups is 1.